The van der Waals surface area contributed by atoms with Crippen LogP contribution >= 0.6 is 7.60 Å². The van der Waals surface area contributed by atoms with Crippen molar-refractivity contribution >= 4 is 23.7 Å². The normalized spacial score (nSPS) is 13.9. The Kier molecular flexibility index (Phi) is 8.84. The van der Waals surface area contributed by atoms with Crippen molar-refractivity contribution in [3.8, 4) is 11.1 Å². The van der Waals surface area contributed by atoms with Crippen LogP contribution in [0.5, 0.6) is 0 Å². The molecule has 0 saturated heterocycles. The molecule has 4 rings (SSSR count). The first kappa shape index (κ1) is 28.2. The maximum Gasteiger partial charge on any atom is 0.356 e. The second-order valence-corrected chi connectivity index (χ2v) is 12.0. The quantitative estimate of drug-likeness (QED) is 0.194. The lowest BCUT2D eigenvalue weighted by Gasteiger charge is -2.28. The summed E-state index contributed by atoms with van der Waals surface area (Å²) in [4.78, 5) is 18.8. The zero-order valence-corrected chi connectivity index (χ0v) is 22.9. The molecule has 0 heterocycles. The van der Waals surface area contributed by atoms with E-state index in [0.29, 0.717) is 6.54 Å². The van der Waals surface area contributed by atoms with Gasteiger partial charge in [0.15, 0.2) is 0 Å². The summed E-state index contributed by atoms with van der Waals surface area (Å²) in [6, 6.07) is 28.9. The number of β-amino-alcohol motifs (C(OH)–C–C–N with tert-alkyl or cyclic N) is 1. The third-order valence-electron chi connectivity index (χ3n) is 6.73. The predicted octanol–water partition coefficient (Wildman–Crippen LogP) is 5.36. The van der Waals surface area contributed by atoms with Gasteiger partial charge in [0.25, 0.3) is 0 Å². The van der Waals surface area contributed by atoms with Gasteiger partial charge in [-0.3, -0.25) is 4.57 Å². The summed E-state index contributed by atoms with van der Waals surface area (Å²) >= 11 is 0. The van der Waals surface area contributed by atoms with Crippen LogP contribution in [0.25, 0.3) is 21.9 Å². The van der Waals surface area contributed by atoms with Crippen LogP contribution in [-0.2, 0) is 15.7 Å². The standard InChI is InChI=1S/C31H36NO5P/c1-22(29-10-6-7-11-30(29)25-14-16-28(17-15-25)38(34,35)36)37-21-27(33)20-32-31(2,3)19-23-12-13-24-8-4-5-9-26(24)18-23/h4-18,22,27,32-33H,19-21H2,1-3H3,(H2,34,35,36)/t22-,27+/m1/s1. The van der Waals surface area contributed by atoms with Crippen LogP contribution in [0, 0.1) is 0 Å². The summed E-state index contributed by atoms with van der Waals surface area (Å²) in [6.07, 6.45) is -0.133. The van der Waals surface area contributed by atoms with Gasteiger partial charge in [-0.15, -0.1) is 0 Å². The maximum absolute atomic E-state index is 11.5. The van der Waals surface area contributed by atoms with Crippen molar-refractivity contribution in [3.05, 3.63) is 102 Å². The molecule has 4 aromatic carbocycles. The molecule has 0 unspecified atom stereocenters. The summed E-state index contributed by atoms with van der Waals surface area (Å²) in [6.45, 7) is 6.77. The van der Waals surface area contributed by atoms with Crippen molar-refractivity contribution in [3.63, 3.8) is 0 Å². The van der Waals surface area contributed by atoms with Crippen LogP contribution < -0.4 is 10.6 Å². The topological polar surface area (TPSA) is 99.0 Å². The van der Waals surface area contributed by atoms with E-state index in [2.05, 4.69) is 49.5 Å². The average Bonchev–Trinajstić information content (AvgIpc) is 2.90. The Labute approximate surface area is 224 Å². The van der Waals surface area contributed by atoms with E-state index in [-0.39, 0.29) is 23.6 Å². The molecule has 0 aliphatic heterocycles. The van der Waals surface area contributed by atoms with Gasteiger partial charge in [-0.2, -0.15) is 0 Å². The second-order valence-electron chi connectivity index (χ2n) is 10.4. The van der Waals surface area contributed by atoms with Crippen molar-refractivity contribution in [2.45, 2.75) is 44.9 Å². The lowest BCUT2D eigenvalue weighted by Crippen LogP contribution is -2.46. The lowest BCUT2D eigenvalue weighted by molar-refractivity contribution is -0.00397. The predicted molar refractivity (Wildman–Crippen MR) is 154 cm³/mol. The van der Waals surface area contributed by atoms with E-state index < -0.39 is 13.7 Å². The molecule has 0 radical (unpaired) electrons. The Morgan fingerprint density at radius 1 is 0.895 bits per heavy atom. The number of hydrogen-bond donors (Lipinski definition) is 4. The van der Waals surface area contributed by atoms with Gasteiger partial charge in [-0.25, -0.2) is 0 Å². The molecule has 0 aromatic heterocycles. The molecule has 0 spiro atoms. The van der Waals surface area contributed by atoms with Gasteiger partial charge < -0.3 is 24.9 Å². The minimum atomic E-state index is -4.29. The third-order valence-corrected chi connectivity index (χ3v) is 7.70. The molecular weight excluding hydrogens is 497 g/mol. The number of nitrogens with one attached hydrogen (secondary N) is 1. The molecule has 200 valence electrons. The molecule has 6 nitrogen and oxygen atoms in total. The molecule has 0 saturated carbocycles. The molecule has 0 aliphatic carbocycles. The number of rotatable bonds is 11. The highest BCUT2D eigenvalue weighted by Crippen LogP contribution is 2.35. The molecule has 7 heteroatoms. The number of benzene rings is 4. The van der Waals surface area contributed by atoms with Crippen LogP contribution in [-0.4, -0.2) is 39.7 Å². The van der Waals surface area contributed by atoms with Gasteiger partial charge in [0.2, 0.25) is 0 Å². The lowest BCUT2D eigenvalue weighted by atomic mass is 9.93. The Hall–Kier alpha value is -2.83. The zero-order valence-electron chi connectivity index (χ0n) is 22.0. The summed E-state index contributed by atoms with van der Waals surface area (Å²) < 4.78 is 17.6. The molecule has 0 bridgehead atoms. The smallest absolute Gasteiger partial charge is 0.356 e. The fraction of sp³-hybridized carbons (Fsp3) is 0.290. The molecule has 4 N–H and O–H groups in total. The van der Waals surface area contributed by atoms with Gasteiger partial charge in [0.1, 0.15) is 0 Å². The van der Waals surface area contributed by atoms with Gasteiger partial charge in [-0.05, 0) is 72.4 Å². The summed E-state index contributed by atoms with van der Waals surface area (Å²) in [5, 5.41) is 16.6. The largest absolute Gasteiger partial charge is 0.389 e. The third kappa shape index (κ3) is 7.39. The van der Waals surface area contributed by atoms with Crippen molar-refractivity contribution in [2.75, 3.05) is 13.2 Å². The Morgan fingerprint density at radius 3 is 2.26 bits per heavy atom. The molecule has 0 amide bonds. The van der Waals surface area contributed by atoms with Crippen molar-refractivity contribution in [2.24, 2.45) is 0 Å². The highest BCUT2D eigenvalue weighted by Gasteiger charge is 2.21. The molecule has 2 atom stereocenters. The van der Waals surface area contributed by atoms with E-state index in [1.807, 2.05) is 43.3 Å². The van der Waals surface area contributed by atoms with E-state index in [4.69, 9.17) is 4.74 Å². The summed E-state index contributed by atoms with van der Waals surface area (Å²) in [7, 11) is -4.29. The molecule has 0 aliphatic rings. The van der Waals surface area contributed by atoms with Crippen molar-refractivity contribution in [1.29, 1.82) is 0 Å². The number of fused-ring (bicyclic) bond motifs is 1. The van der Waals surface area contributed by atoms with E-state index in [1.165, 1.54) is 28.5 Å². The molecule has 0 fully saturated rings. The van der Waals surface area contributed by atoms with Crippen molar-refractivity contribution < 1.29 is 24.2 Å². The highest BCUT2D eigenvalue weighted by atomic mass is 31.2. The van der Waals surface area contributed by atoms with E-state index in [9.17, 15) is 19.5 Å². The van der Waals surface area contributed by atoms with Gasteiger partial charge in [-0.1, -0.05) is 78.9 Å². The zero-order chi connectivity index (χ0) is 27.3. The average molecular weight is 534 g/mol. The monoisotopic (exact) mass is 533 g/mol. The van der Waals surface area contributed by atoms with Gasteiger partial charge in [0.05, 0.1) is 24.1 Å². The van der Waals surface area contributed by atoms with Crippen LogP contribution in [0.4, 0.5) is 0 Å². The first-order valence-corrected chi connectivity index (χ1v) is 14.4. The fourth-order valence-electron chi connectivity index (χ4n) is 4.67. The molecule has 38 heavy (non-hydrogen) atoms. The number of aliphatic hydroxyl groups excluding tert-OH is 1. The number of hydrogen-bond acceptors (Lipinski definition) is 4. The van der Waals surface area contributed by atoms with Crippen LogP contribution in [0.3, 0.4) is 0 Å². The molecule has 4 aromatic rings. The van der Waals surface area contributed by atoms with Gasteiger partial charge >= 0.3 is 7.60 Å². The SMILES string of the molecule is C[C@@H](OC[C@@H](O)CNC(C)(C)Cc1ccc2ccccc2c1)c1ccccc1-c1ccc(P(=O)(O)O)cc1. The second kappa shape index (κ2) is 11.9. The van der Waals surface area contributed by atoms with E-state index >= 15 is 0 Å². The first-order valence-electron chi connectivity index (χ1n) is 12.8. The van der Waals surface area contributed by atoms with Crippen LogP contribution in [0.2, 0.25) is 0 Å². The van der Waals surface area contributed by atoms with E-state index in [1.54, 1.807) is 12.1 Å². The Balaban J connectivity index is 1.33. The van der Waals surface area contributed by atoms with Crippen LogP contribution in [0.1, 0.15) is 38.0 Å². The summed E-state index contributed by atoms with van der Waals surface area (Å²) in [5.41, 5.74) is 3.73. The highest BCUT2D eigenvalue weighted by molar-refractivity contribution is 7.60. The number of ether oxygens (including phenoxy) is 1. The minimum absolute atomic E-state index is 0.0119. The molecular formula is C31H36NO5P. The van der Waals surface area contributed by atoms with Crippen LogP contribution in [0.15, 0.2) is 91.0 Å². The number of aliphatic hydroxyl groups is 1. The van der Waals surface area contributed by atoms with Gasteiger partial charge in [0, 0.05) is 12.1 Å². The maximum atomic E-state index is 11.5. The fourth-order valence-corrected chi connectivity index (χ4v) is 5.21. The Bertz CT molecular complexity index is 1410. The summed E-state index contributed by atoms with van der Waals surface area (Å²) in [5.74, 6) is 0. The Morgan fingerprint density at radius 2 is 1.55 bits per heavy atom. The van der Waals surface area contributed by atoms with Crippen molar-refractivity contribution in [1.82, 2.24) is 5.32 Å². The van der Waals surface area contributed by atoms with E-state index in [0.717, 1.165) is 23.1 Å². The minimum Gasteiger partial charge on any atom is -0.389 e. The first-order chi connectivity index (χ1) is 18.0.